The highest BCUT2D eigenvalue weighted by molar-refractivity contribution is 7.90. The van der Waals surface area contributed by atoms with Crippen molar-refractivity contribution in [1.82, 2.24) is 19.9 Å². The summed E-state index contributed by atoms with van der Waals surface area (Å²) in [6.45, 7) is 6.63. The Morgan fingerprint density at radius 3 is 2.04 bits per heavy atom. The molecule has 274 valence electrons. The molecule has 18 heteroatoms. The number of aromatic nitrogens is 3. The number of methoxy groups -OCH3 is 2. The van der Waals surface area contributed by atoms with Gasteiger partial charge in [-0.15, -0.1) is 0 Å². The molecule has 1 aliphatic rings. The number of hydrogen-bond acceptors (Lipinski definition) is 10. The van der Waals surface area contributed by atoms with Gasteiger partial charge in [-0.1, -0.05) is 6.58 Å². The molecule has 5 rings (SSSR count). The molecular formula is C34H28F6N4O7S. The molecule has 0 radical (unpaired) electrons. The van der Waals surface area contributed by atoms with Crippen molar-refractivity contribution in [3.63, 3.8) is 0 Å². The summed E-state index contributed by atoms with van der Waals surface area (Å²) in [5.74, 6) is -0.524. The zero-order valence-electron chi connectivity index (χ0n) is 27.9. The number of nitrogens with zero attached hydrogens (tertiary/aromatic N) is 4. The van der Waals surface area contributed by atoms with Gasteiger partial charge in [0.25, 0.3) is 0 Å². The SMILES string of the molecule is C=C1[C@@H](c2cc(C(F)(F)F)cc(C(F)(F)F)c2)OC(=O)N1Cc1nc(S(C)(=O)=O)ncc1-c1cc(-c2c(C)cc(C(=O)OC)cc2C)cnc1OC. The van der Waals surface area contributed by atoms with E-state index < -0.39 is 68.7 Å². The number of esters is 1. The molecule has 0 saturated carbocycles. The number of pyridine rings is 1. The number of alkyl halides is 6. The molecule has 1 saturated heterocycles. The third-order valence-electron chi connectivity index (χ3n) is 8.06. The van der Waals surface area contributed by atoms with E-state index in [0.29, 0.717) is 39.9 Å². The minimum Gasteiger partial charge on any atom is -0.481 e. The summed E-state index contributed by atoms with van der Waals surface area (Å²) in [5.41, 5.74) is -1.21. The molecule has 0 spiro atoms. The number of ether oxygens (including phenoxy) is 3. The van der Waals surface area contributed by atoms with E-state index in [4.69, 9.17) is 14.2 Å². The van der Waals surface area contributed by atoms with Gasteiger partial charge in [-0.3, -0.25) is 4.90 Å². The van der Waals surface area contributed by atoms with Crippen LogP contribution in [0.2, 0.25) is 0 Å². The van der Waals surface area contributed by atoms with E-state index in [1.54, 1.807) is 32.0 Å². The molecule has 3 heterocycles. The Labute approximate surface area is 292 Å². The van der Waals surface area contributed by atoms with Gasteiger partial charge in [-0.2, -0.15) is 26.3 Å². The molecule has 1 amide bonds. The number of hydrogen-bond donors (Lipinski definition) is 0. The van der Waals surface area contributed by atoms with Crippen molar-refractivity contribution >= 4 is 21.9 Å². The third kappa shape index (κ3) is 7.42. The van der Waals surface area contributed by atoms with E-state index >= 15 is 0 Å². The van der Waals surface area contributed by atoms with E-state index in [9.17, 15) is 44.3 Å². The summed E-state index contributed by atoms with van der Waals surface area (Å²) >= 11 is 0. The minimum atomic E-state index is -5.17. The lowest BCUT2D eigenvalue weighted by atomic mass is 9.92. The summed E-state index contributed by atoms with van der Waals surface area (Å²) in [5, 5.41) is -0.651. The van der Waals surface area contributed by atoms with Gasteiger partial charge in [0.2, 0.25) is 20.9 Å². The molecule has 0 unspecified atom stereocenters. The largest absolute Gasteiger partial charge is 0.481 e. The molecule has 1 fully saturated rings. The van der Waals surface area contributed by atoms with Crippen molar-refractivity contribution in [2.24, 2.45) is 0 Å². The Bertz CT molecular complexity index is 2190. The fourth-order valence-corrected chi connectivity index (χ4v) is 6.24. The lowest BCUT2D eigenvalue weighted by molar-refractivity contribution is -0.143. The molecule has 1 aliphatic heterocycles. The summed E-state index contributed by atoms with van der Waals surface area (Å²) in [7, 11) is -1.48. The van der Waals surface area contributed by atoms with Crippen molar-refractivity contribution in [1.29, 1.82) is 0 Å². The normalized spacial score (nSPS) is 15.1. The highest BCUT2D eigenvalue weighted by Crippen LogP contribution is 2.43. The minimum absolute atomic E-state index is 0.0199. The predicted octanol–water partition coefficient (Wildman–Crippen LogP) is 7.27. The van der Waals surface area contributed by atoms with Crippen molar-refractivity contribution in [2.75, 3.05) is 20.5 Å². The predicted molar refractivity (Wildman–Crippen MR) is 172 cm³/mol. The van der Waals surface area contributed by atoms with Crippen molar-refractivity contribution in [2.45, 2.75) is 44.0 Å². The Morgan fingerprint density at radius 1 is 0.923 bits per heavy atom. The van der Waals surface area contributed by atoms with Crippen molar-refractivity contribution in [3.05, 3.63) is 100 Å². The zero-order chi connectivity index (χ0) is 38.5. The number of cyclic esters (lactones) is 1. The number of rotatable bonds is 8. The fourth-order valence-electron chi connectivity index (χ4n) is 5.72. The van der Waals surface area contributed by atoms with Crippen LogP contribution < -0.4 is 4.74 Å². The first kappa shape index (κ1) is 37.7. The van der Waals surface area contributed by atoms with E-state index in [0.717, 1.165) is 17.4 Å². The van der Waals surface area contributed by atoms with Gasteiger partial charge < -0.3 is 14.2 Å². The Morgan fingerprint density at radius 2 is 1.52 bits per heavy atom. The number of halogens is 6. The van der Waals surface area contributed by atoms with Crippen LogP contribution >= 0.6 is 0 Å². The van der Waals surface area contributed by atoms with Gasteiger partial charge in [0.1, 0.15) is 0 Å². The standard InChI is InChI=1S/C34H28F6N4O7S/c1-16-7-20(30(45)50-5)8-17(2)27(16)21-11-24(29(49-4)41-13-21)25-14-42-31(52(6,47)48)43-26(25)15-44-18(3)28(51-32(44)46)19-9-22(33(35,36)37)12-23(10-19)34(38,39)40/h7-14,28H,3,15H2,1-2,4-6H3/t28-/m0/s1. The van der Waals surface area contributed by atoms with Crippen LogP contribution in [0.3, 0.4) is 0 Å². The summed E-state index contributed by atoms with van der Waals surface area (Å²) in [4.78, 5) is 38.7. The maximum atomic E-state index is 13.6. The summed E-state index contributed by atoms with van der Waals surface area (Å²) in [6.07, 6.45) is -9.83. The van der Waals surface area contributed by atoms with E-state index in [2.05, 4.69) is 21.5 Å². The molecule has 4 aromatic rings. The van der Waals surface area contributed by atoms with E-state index in [1.807, 2.05) is 0 Å². The average Bonchev–Trinajstić information content (AvgIpc) is 3.34. The molecule has 0 bridgehead atoms. The second kappa shape index (κ2) is 13.6. The first-order chi connectivity index (χ1) is 24.1. The second-order valence-corrected chi connectivity index (χ2v) is 13.6. The summed E-state index contributed by atoms with van der Waals surface area (Å²) in [6, 6.07) is 5.65. The van der Waals surface area contributed by atoms with E-state index in [1.165, 1.54) is 20.4 Å². The van der Waals surface area contributed by atoms with Gasteiger partial charge >= 0.3 is 24.4 Å². The fraction of sp³-hybridized carbons (Fsp3) is 0.265. The topological polar surface area (TPSA) is 138 Å². The van der Waals surface area contributed by atoms with Crippen LogP contribution in [-0.4, -0.2) is 60.8 Å². The maximum Gasteiger partial charge on any atom is 0.416 e. The van der Waals surface area contributed by atoms with Crippen LogP contribution in [0.4, 0.5) is 31.1 Å². The smallest absolute Gasteiger partial charge is 0.416 e. The number of sulfone groups is 1. The number of carbonyl (C=O) groups is 2. The van der Waals surface area contributed by atoms with Crippen LogP contribution in [0, 0.1) is 13.8 Å². The second-order valence-electron chi connectivity index (χ2n) is 11.7. The van der Waals surface area contributed by atoms with Gasteiger partial charge in [0.15, 0.2) is 6.10 Å². The third-order valence-corrected chi connectivity index (χ3v) is 8.92. The Hall–Kier alpha value is -5.52. The van der Waals surface area contributed by atoms with Gasteiger partial charge in [0.05, 0.1) is 48.8 Å². The monoisotopic (exact) mass is 750 g/mol. The van der Waals surface area contributed by atoms with Gasteiger partial charge in [-0.25, -0.2) is 33.0 Å². The lowest BCUT2D eigenvalue weighted by Gasteiger charge is -2.20. The van der Waals surface area contributed by atoms with Crippen LogP contribution in [0.25, 0.3) is 22.3 Å². The number of amides is 1. The van der Waals surface area contributed by atoms with Crippen LogP contribution in [-0.2, 0) is 38.2 Å². The Balaban J connectivity index is 1.62. The molecule has 1 atom stereocenters. The highest BCUT2D eigenvalue weighted by Gasteiger charge is 2.42. The van der Waals surface area contributed by atoms with E-state index in [-0.39, 0.29) is 34.5 Å². The van der Waals surface area contributed by atoms with Gasteiger partial charge in [-0.05, 0) is 72.5 Å². The van der Waals surface area contributed by atoms with Crippen molar-refractivity contribution < 1.29 is 58.6 Å². The molecule has 11 nitrogen and oxygen atoms in total. The zero-order valence-corrected chi connectivity index (χ0v) is 28.7. The van der Waals surface area contributed by atoms with Crippen LogP contribution in [0.1, 0.15) is 50.0 Å². The lowest BCUT2D eigenvalue weighted by Crippen LogP contribution is -2.24. The number of carbonyl (C=O) groups excluding carboxylic acids is 2. The molecule has 2 aromatic heterocycles. The molecule has 0 N–H and O–H groups in total. The molecule has 2 aromatic carbocycles. The first-order valence-corrected chi connectivity index (χ1v) is 16.8. The molecule has 52 heavy (non-hydrogen) atoms. The molecular weight excluding hydrogens is 722 g/mol. The quantitative estimate of drug-likeness (QED) is 0.103. The van der Waals surface area contributed by atoms with Gasteiger partial charge in [0, 0.05) is 35.3 Å². The Kier molecular flexibility index (Phi) is 9.83. The summed E-state index contributed by atoms with van der Waals surface area (Å²) < 4.78 is 122. The van der Waals surface area contributed by atoms with Crippen LogP contribution in [0.5, 0.6) is 5.88 Å². The maximum absolute atomic E-state index is 13.6. The average molecular weight is 751 g/mol. The highest BCUT2D eigenvalue weighted by atomic mass is 32.2. The van der Waals surface area contributed by atoms with Crippen molar-refractivity contribution in [3.8, 4) is 28.1 Å². The first-order valence-electron chi connectivity index (χ1n) is 14.9. The number of benzene rings is 2. The number of aryl methyl sites for hydroxylation is 2. The van der Waals surface area contributed by atoms with Crippen LogP contribution in [0.15, 0.2) is 66.2 Å². The molecule has 0 aliphatic carbocycles.